The molecule has 5 nitrogen and oxygen atoms in total. The van der Waals surface area contributed by atoms with Crippen molar-refractivity contribution < 1.29 is 14.6 Å². The third-order valence-electron chi connectivity index (χ3n) is 3.87. The number of hydrogen-bond acceptors (Lipinski definition) is 4. The van der Waals surface area contributed by atoms with Crippen molar-refractivity contribution in [2.45, 2.75) is 26.3 Å². The number of hydrogen-bond donors (Lipinski definition) is 2. The van der Waals surface area contributed by atoms with Gasteiger partial charge in [-0.2, -0.15) is 0 Å². The van der Waals surface area contributed by atoms with Crippen molar-refractivity contribution in [3.05, 3.63) is 59.5 Å². The first-order valence-corrected chi connectivity index (χ1v) is 7.65. The standard InChI is InChI=1S/C18H18FN3O2/c1-11(2)13-7-14(18(24)8-17(13)23)16-10-22(21-20-16)9-12-5-3-4-6-15(12)19/h3-8,10-11,23-24H,9H2,1-2H3. The monoisotopic (exact) mass is 327 g/mol. The van der Waals surface area contributed by atoms with E-state index in [1.54, 1.807) is 30.5 Å². The lowest BCUT2D eigenvalue weighted by molar-refractivity contribution is 0.445. The third-order valence-corrected chi connectivity index (χ3v) is 3.87. The van der Waals surface area contributed by atoms with Crippen molar-refractivity contribution in [2.75, 3.05) is 0 Å². The normalized spacial score (nSPS) is 11.2. The highest BCUT2D eigenvalue weighted by atomic mass is 19.1. The van der Waals surface area contributed by atoms with Crippen molar-refractivity contribution in [1.82, 2.24) is 15.0 Å². The van der Waals surface area contributed by atoms with Crippen molar-refractivity contribution in [3.8, 4) is 22.8 Å². The van der Waals surface area contributed by atoms with E-state index in [-0.39, 0.29) is 29.8 Å². The first-order valence-electron chi connectivity index (χ1n) is 7.65. The van der Waals surface area contributed by atoms with Gasteiger partial charge in [0.05, 0.1) is 12.7 Å². The number of phenolic OH excluding ortho intramolecular Hbond substituents is 2. The Kier molecular flexibility index (Phi) is 4.20. The van der Waals surface area contributed by atoms with Crippen LogP contribution >= 0.6 is 0 Å². The Balaban J connectivity index is 1.94. The van der Waals surface area contributed by atoms with Crippen LogP contribution in [0.3, 0.4) is 0 Å². The van der Waals surface area contributed by atoms with Crippen molar-refractivity contribution >= 4 is 0 Å². The minimum atomic E-state index is -0.302. The zero-order chi connectivity index (χ0) is 17.3. The van der Waals surface area contributed by atoms with E-state index in [2.05, 4.69) is 10.3 Å². The highest BCUT2D eigenvalue weighted by Gasteiger charge is 2.15. The first kappa shape index (κ1) is 16.0. The maximum Gasteiger partial charge on any atom is 0.128 e. The van der Waals surface area contributed by atoms with Crippen molar-refractivity contribution in [2.24, 2.45) is 0 Å². The van der Waals surface area contributed by atoms with Crippen molar-refractivity contribution in [1.29, 1.82) is 0 Å². The zero-order valence-electron chi connectivity index (χ0n) is 13.4. The van der Waals surface area contributed by atoms with Crippen LogP contribution in [0.15, 0.2) is 42.6 Å². The molecule has 0 aliphatic heterocycles. The number of aromatic nitrogens is 3. The fraction of sp³-hybridized carbons (Fsp3) is 0.222. The summed E-state index contributed by atoms with van der Waals surface area (Å²) in [6.07, 6.45) is 1.64. The van der Waals surface area contributed by atoms with E-state index in [4.69, 9.17) is 0 Å². The molecule has 0 radical (unpaired) electrons. The van der Waals surface area contributed by atoms with E-state index < -0.39 is 0 Å². The molecule has 124 valence electrons. The molecule has 0 saturated carbocycles. The minimum absolute atomic E-state index is 0.0463. The minimum Gasteiger partial charge on any atom is -0.508 e. The summed E-state index contributed by atoms with van der Waals surface area (Å²) in [7, 11) is 0. The molecule has 1 aromatic heterocycles. The van der Waals surface area contributed by atoms with Crippen LogP contribution in [0.4, 0.5) is 4.39 Å². The van der Waals surface area contributed by atoms with Crippen LogP contribution < -0.4 is 0 Å². The van der Waals surface area contributed by atoms with E-state index in [9.17, 15) is 14.6 Å². The number of halogens is 1. The Morgan fingerprint density at radius 3 is 2.58 bits per heavy atom. The van der Waals surface area contributed by atoms with Crippen LogP contribution in [-0.2, 0) is 6.54 Å². The quantitative estimate of drug-likeness (QED) is 0.767. The van der Waals surface area contributed by atoms with Gasteiger partial charge in [0.25, 0.3) is 0 Å². The second kappa shape index (κ2) is 6.31. The average molecular weight is 327 g/mol. The van der Waals surface area contributed by atoms with Gasteiger partial charge in [-0.25, -0.2) is 9.07 Å². The van der Waals surface area contributed by atoms with Crippen molar-refractivity contribution in [3.63, 3.8) is 0 Å². The molecule has 2 N–H and O–H groups in total. The van der Waals surface area contributed by atoms with Gasteiger partial charge in [-0.1, -0.05) is 37.3 Å². The van der Waals surface area contributed by atoms with Gasteiger partial charge in [0, 0.05) is 17.2 Å². The molecule has 24 heavy (non-hydrogen) atoms. The summed E-state index contributed by atoms with van der Waals surface area (Å²) >= 11 is 0. The number of benzene rings is 2. The van der Waals surface area contributed by atoms with Gasteiger partial charge in [0.15, 0.2) is 0 Å². The molecule has 0 aliphatic rings. The Bertz CT molecular complexity index is 874. The Hall–Kier alpha value is -2.89. The Morgan fingerprint density at radius 1 is 1.12 bits per heavy atom. The van der Waals surface area contributed by atoms with Crippen LogP contribution in [0.25, 0.3) is 11.3 Å². The molecular weight excluding hydrogens is 309 g/mol. The van der Waals surface area contributed by atoms with Crippen LogP contribution in [0.2, 0.25) is 0 Å². The first-order chi connectivity index (χ1) is 11.5. The number of phenols is 2. The second-order valence-electron chi connectivity index (χ2n) is 5.98. The van der Waals surface area contributed by atoms with Gasteiger partial charge in [-0.15, -0.1) is 5.10 Å². The predicted octanol–water partition coefficient (Wildman–Crippen LogP) is 3.67. The van der Waals surface area contributed by atoms with Gasteiger partial charge in [-0.05, 0) is 23.6 Å². The van der Waals surface area contributed by atoms with E-state index >= 15 is 0 Å². The fourth-order valence-electron chi connectivity index (χ4n) is 2.56. The molecule has 0 unspecified atom stereocenters. The topological polar surface area (TPSA) is 71.2 Å². The molecule has 0 spiro atoms. The smallest absolute Gasteiger partial charge is 0.128 e. The molecular formula is C18H18FN3O2. The Morgan fingerprint density at radius 2 is 1.88 bits per heavy atom. The third kappa shape index (κ3) is 3.08. The second-order valence-corrected chi connectivity index (χ2v) is 5.98. The Labute approximate surface area is 139 Å². The summed E-state index contributed by atoms with van der Waals surface area (Å²) in [6.45, 7) is 4.14. The summed E-state index contributed by atoms with van der Waals surface area (Å²) < 4.78 is 15.2. The summed E-state index contributed by atoms with van der Waals surface area (Å²) in [5, 5.41) is 28.1. The van der Waals surface area contributed by atoms with E-state index in [1.807, 2.05) is 13.8 Å². The molecule has 2 aromatic carbocycles. The molecule has 0 fully saturated rings. The van der Waals surface area contributed by atoms with Crippen LogP contribution in [0.5, 0.6) is 11.5 Å². The molecule has 0 bridgehead atoms. The summed E-state index contributed by atoms with van der Waals surface area (Å²) in [6, 6.07) is 9.48. The predicted molar refractivity (Wildman–Crippen MR) is 88.4 cm³/mol. The van der Waals surface area contributed by atoms with Gasteiger partial charge in [0.2, 0.25) is 0 Å². The van der Waals surface area contributed by atoms with E-state index in [0.717, 1.165) is 0 Å². The molecule has 3 rings (SSSR count). The average Bonchev–Trinajstić information content (AvgIpc) is 2.97. The molecule has 0 amide bonds. The molecule has 3 aromatic rings. The molecule has 1 heterocycles. The lowest BCUT2D eigenvalue weighted by Crippen LogP contribution is -2.02. The SMILES string of the molecule is CC(C)c1cc(-c2cn(Cc3ccccc3F)nn2)c(O)cc1O. The zero-order valence-corrected chi connectivity index (χ0v) is 13.4. The summed E-state index contributed by atoms with van der Waals surface area (Å²) in [5.74, 6) is -0.234. The molecule has 6 heteroatoms. The van der Waals surface area contributed by atoms with Gasteiger partial charge in [0.1, 0.15) is 23.0 Å². The number of rotatable bonds is 4. The molecule has 0 saturated heterocycles. The van der Waals surface area contributed by atoms with Crippen LogP contribution in [0, 0.1) is 5.82 Å². The highest BCUT2D eigenvalue weighted by Crippen LogP contribution is 2.36. The van der Waals surface area contributed by atoms with E-state index in [0.29, 0.717) is 22.4 Å². The summed E-state index contributed by atoms with van der Waals surface area (Å²) in [5.41, 5.74) is 2.17. The van der Waals surface area contributed by atoms with Crippen LogP contribution in [-0.4, -0.2) is 25.2 Å². The van der Waals surface area contributed by atoms with E-state index in [1.165, 1.54) is 16.8 Å². The lowest BCUT2D eigenvalue weighted by Gasteiger charge is -2.11. The van der Waals surface area contributed by atoms with Gasteiger partial charge >= 0.3 is 0 Å². The fourth-order valence-corrected chi connectivity index (χ4v) is 2.56. The van der Waals surface area contributed by atoms with Gasteiger partial charge in [-0.3, -0.25) is 0 Å². The maximum absolute atomic E-state index is 13.7. The number of nitrogens with zero attached hydrogens (tertiary/aromatic N) is 3. The maximum atomic E-state index is 13.7. The van der Waals surface area contributed by atoms with Gasteiger partial charge < -0.3 is 10.2 Å². The molecule has 0 atom stereocenters. The lowest BCUT2D eigenvalue weighted by atomic mass is 9.98. The van der Waals surface area contributed by atoms with Crippen LogP contribution in [0.1, 0.15) is 30.9 Å². The summed E-state index contributed by atoms with van der Waals surface area (Å²) in [4.78, 5) is 0. The highest BCUT2D eigenvalue weighted by molar-refractivity contribution is 5.69. The largest absolute Gasteiger partial charge is 0.508 e. The molecule has 0 aliphatic carbocycles. The number of aromatic hydroxyl groups is 2.